The van der Waals surface area contributed by atoms with Crippen molar-refractivity contribution in [2.45, 2.75) is 33.1 Å². The van der Waals surface area contributed by atoms with Gasteiger partial charge in [-0.2, -0.15) is 0 Å². The first-order chi connectivity index (χ1) is 8.77. The normalized spacial score (nSPS) is 12.9. The Kier molecular flexibility index (Phi) is 4.75. The maximum absolute atomic E-state index is 13.5. The summed E-state index contributed by atoms with van der Waals surface area (Å²) < 4.78 is 27.1. The third-order valence-electron chi connectivity index (χ3n) is 3.04. The maximum Gasteiger partial charge on any atom is 0.273 e. The molecule has 1 rings (SSSR count). The molecular formula is C14H18F2N2O. The zero-order chi connectivity index (χ0) is 14.6. The van der Waals surface area contributed by atoms with Gasteiger partial charge in [-0.05, 0) is 26.0 Å². The first kappa shape index (κ1) is 15.3. The van der Waals surface area contributed by atoms with Crippen LogP contribution in [0.25, 0.3) is 0 Å². The van der Waals surface area contributed by atoms with Crippen LogP contribution in [-0.4, -0.2) is 11.6 Å². The fraction of sp³-hybridized carbons (Fsp3) is 0.429. The molecule has 0 radical (unpaired) electrons. The van der Waals surface area contributed by atoms with E-state index in [0.29, 0.717) is 5.69 Å². The molecule has 2 N–H and O–H groups in total. The molecule has 1 unspecified atom stereocenters. The summed E-state index contributed by atoms with van der Waals surface area (Å²) in [5, 5.41) is 9.93. The summed E-state index contributed by atoms with van der Waals surface area (Å²) >= 11 is 0. The van der Waals surface area contributed by atoms with E-state index in [0.717, 1.165) is 0 Å². The molecule has 0 saturated heterocycles. The molecule has 104 valence electrons. The van der Waals surface area contributed by atoms with E-state index in [1.807, 2.05) is 0 Å². The van der Waals surface area contributed by atoms with Gasteiger partial charge in [0.15, 0.2) is 0 Å². The number of anilines is 1. The summed E-state index contributed by atoms with van der Waals surface area (Å²) in [6.45, 7) is 4.54. The van der Waals surface area contributed by atoms with Crippen molar-refractivity contribution >= 4 is 17.3 Å². The fourth-order valence-corrected chi connectivity index (χ4v) is 1.48. The summed E-state index contributed by atoms with van der Waals surface area (Å²) in [7, 11) is 0. The highest BCUT2D eigenvalue weighted by Gasteiger charge is 2.29. The minimum absolute atomic E-state index is 0.118. The van der Waals surface area contributed by atoms with Gasteiger partial charge in [0, 0.05) is 23.4 Å². The molecule has 0 saturated carbocycles. The third-order valence-corrected chi connectivity index (χ3v) is 3.04. The Hall–Kier alpha value is -1.78. The number of rotatable bonds is 5. The number of carbonyl (C=O) groups excluding carboxylic acids is 1. The van der Waals surface area contributed by atoms with Gasteiger partial charge in [0.05, 0.1) is 5.92 Å². The summed E-state index contributed by atoms with van der Waals surface area (Å²) in [5.41, 5.74) is 0.434. The molecule has 1 amide bonds. The quantitative estimate of drug-likeness (QED) is 0.784. The maximum atomic E-state index is 13.5. The molecule has 0 aliphatic rings. The lowest BCUT2D eigenvalue weighted by molar-refractivity contribution is -0.117. The van der Waals surface area contributed by atoms with Crippen LogP contribution in [0.2, 0.25) is 0 Å². The number of nitrogens with one attached hydrogen (secondary N) is 2. The van der Waals surface area contributed by atoms with Gasteiger partial charge in [-0.25, -0.2) is 8.78 Å². The van der Waals surface area contributed by atoms with Crippen LogP contribution in [0.5, 0.6) is 0 Å². The highest BCUT2D eigenvalue weighted by atomic mass is 19.3. The van der Waals surface area contributed by atoms with Crippen molar-refractivity contribution in [3.63, 3.8) is 0 Å². The highest BCUT2D eigenvalue weighted by Crippen LogP contribution is 2.32. The van der Waals surface area contributed by atoms with Crippen molar-refractivity contribution in [1.82, 2.24) is 0 Å². The second-order valence-electron chi connectivity index (χ2n) is 4.53. The summed E-state index contributed by atoms with van der Waals surface area (Å²) in [6.07, 6.45) is -0.291. The van der Waals surface area contributed by atoms with Crippen LogP contribution in [0, 0.1) is 11.3 Å². The Morgan fingerprint density at radius 2 is 2.11 bits per heavy atom. The molecule has 0 aromatic heterocycles. The Labute approximate surface area is 111 Å². The van der Waals surface area contributed by atoms with Crippen LogP contribution >= 0.6 is 0 Å². The molecule has 5 heteroatoms. The van der Waals surface area contributed by atoms with Gasteiger partial charge in [-0.15, -0.1) is 0 Å². The van der Waals surface area contributed by atoms with Crippen LogP contribution in [-0.2, 0) is 10.7 Å². The highest BCUT2D eigenvalue weighted by molar-refractivity contribution is 6.07. The number of benzene rings is 1. The number of alkyl halides is 2. The van der Waals surface area contributed by atoms with Crippen molar-refractivity contribution in [3.8, 4) is 0 Å². The van der Waals surface area contributed by atoms with E-state index in [4.69, 9.17) is 5.41 Å². The van der Waals surface area contributed by atoms with E-state index in [2.05, 4.69) is 5.32 Å². The molecule has 1 atom stereocenters. The lowest BCUT2D eigenvalue weighted by Gasteiger charge is -2.16. The first-order valence-electron chi connectivity index (χ1n) is 6.12. The smallest absolute Gasteiger partial charge is 0.273 e. The second-order valence-corrected chi connectivity index (χ2v) is 4.53. The monoisotopic (exact) mass is 268 g/mol. The standard InChI is InChI=1S/C14H18F2N2O/c1-4-14(15,16)11-6-5-7-12(8-11)18-13(19)9(2)10(3)17/h5-9,17H,4H2,1-3H3,(H,18,19). The number of hydrogen-bond acceptors (Lipinski definition) is 2. The van der Waals surface area contributed by atoms with Gasteiger partial charge < -0.3 is 10.7 Å². The number of carbonyl (C=O) groups is 1. The SMILES string of the molecule is CCC(F)(F)c1cccc(NC(=O)C(C)C(C)=N)c1. The van der Waals surface area contributed by atoms with Gasteiger partial charge in [0.2, 0.25) is 5.91 Å². The topological polar surface area (TPSA) is 53.0 Å². The minimum Gasteiger partial charge on any atom is -0.326 e. The van der Waals surface area contributed by atoms with Gasteiger partial charge in [-0.3, -0.25) is 4.79 Å². The van der Waals surface area contributed by atoms with Gasteiger partial charge in [0.25, 0.3) is 5.92 Å². The van der Waals surface area contributed by atoms with Crippen molar-refractivity contribution in [1.29, 1.82) is 5.41 Å². The van der Waals surface area contributed by atoms with Gasteiger partial charge in [0.1, 0.15) is 0 Å². The first-order valence-corrected chi connectivity index (χ1v) is 6.12. The fourth-order valence-electron chi connectivity index (χ4n) is 1.48. The third kappa shape index (κ3) is 3.84. The van der Waals surface area contributed by atoms with Crippen molar-refractivity contribution < 1.29 is 13.6 Å². The van der Waals surface area contributed by atoms with Crippen LogP contribution in [0.4, 0.5) is 14.5 Å². The van der Waals surface area contributed by atoms with Gasteiger partial charge >= 0.3 is 0 Å². The second kappa shape index (κ2) is 5.91. The Balaban J connectivity index is 2.89. The summed E-state index contributed by atoms with van der Waals surface area (Å²) in [6, 6.07) is 5.65. The molecule has 0 spiro atoms. The molecule has 1 aromatic carbocycles. The van der Waals surface area contributed by atoms with E-state index in [9.17, 15) is 13.6 Å². The summed E-state index contributed by atoms with van der Waals surface area (Å²) in [4.78, 5) is 11.7. The van der Waals surface area contributed by atoms with Crippen LogP contribution in [0.3, 0.4) is 0 Å². The Bertz CT molecular complexity index is 486. The van der Waals surface area contributed by atoms with Crippen molar-refractivity contribution in [2.75, 3.05) is 5.32 Å². The van der Waals surface area contributed by atoms with E-state index in [1.54, 1.807) is 13.0 Å². The lowest BCUT2D eigenvalue weighted by atomic mass is 10.0. The number of halogens is 2. The molecule has 19 heavy (non-hydrogen) atoms. The average molecular weight is 268 g/mol. The van der Waals surface area contributed by atoms with E-state index in [-0.39, 0.29) is 23.6 Å². The molecule has 0 aliphatic carbocycles. The average Bonchev–Trinajstić information content (AvgIpc) is 2.37. The molecule has 1 aromatic rings. The van der Waals surface area contributed by atoms with Crippen molar-refractivity contribution in [2.24, 2.45) is 5.92 Å². The molecule has 3 nitrogen and oxygen atoms in total. The molecule has 0 heterocycles. The molecule has 0 fully saturated rings. The van der Waals surface area contributed by atoms with Crippen molar-refractivity contribution in [3.05, 3.63) is 29.8 Å². The Morgan fingerprint density at radius 3 is 2.63 bits per heavy atom. The lowest BCUT2D eigenvalue weighted by Crippen LogP contribution is -2.25. The largest absolute Gasteiger partial charge is 0.326 e. The predicted molar refractivity (Wildman–Crippen MR) is 71.8 cm³/mol. The summed E-state index contributed by atoms with van der Waals surface area (Å²) in [5.74, 6) is -3.84. The minimum atomic E-state index is -2.90. The van der Waals surface area contributed by atoms with E-state index < -0.39 is 11.8 Å². The molecular weight excluding hydrogens is 250 g/mol. The number of hydrogen-bond donors (Lipinski definition) is 2. The van der Waals surface area contributed by atoms with Crippen LogP contribution in [0.15, 0.2) is 24.3 Å². The zero-order valence-electron chi connectivity index (χ0n) is 11.3. The van der Waals surface area contributed by atoms with Crippen LogP contribution in [0.1, 0.15) is 32.8 Å². The number of amides is 1. The predicted octanol–water partition coefficient (Wildman–Crippen LogP) is 3.80. The zero-order valence-corrected chi connectivity index (χ0v) is 11.3. The van der Waals surface area contributed by atoms with E-state index >= 15 is 0 Å². The Morgan fingerprint density at radius 1 is 1.47 bits per heavy atom. The van der Waals surface area contributed by atoms with E-state index in [1.165, 1.54) is 32.0 Å². The van der Waals surface area contributed by atoms with Crippen LogP contribution < -0.4 is 5.32 Å². The molecule has 0 aliphatic heterocycles. The van der Waals surface area contributed by atoms with Gasteiger partial charge in [-0.1, -0.05) is 19.1 Å². The molecule has 0 bridgehead atoms.